The number of hydrogen-bond donors (Lipinski definition) is 0. The van der Waals surface area contributed by atoms with Crippen LogP contribution >= 0.6 is 34.7 Å². The van der Waals surface area contributed by atoms with Crippen molar-refractivity contribution in [3.05, 3.63) is 58.1 Å². The average Bonchev–Trinajstić information content (AvgIpc) is 2.96. The van der Waals surface area contributed by atoms with Gasteiger partial charge in [-0.25, -0.2) is 4.21 Å². The highest BCUT2D eigenvalue weighted by molar-refractivity contribution is 7.87. The first-order chi connectivity index (χ1) is 10.6. The molecule has 3 nitrogen and oxygen atoms in total. The molecular formula is C15H10Cl2N2OS2. The van der Waals surface area contributed by atoms with Crippen LogP contribution in [0, 0.1) is 6.92 Å². The first kappa shape index (κ1) is 15.6. The largest absolute Gasteiger partial charge is 0.248 e. The Bertz CT molecular complexity index is 847. The summed E-state index contributed by atoms with van der Waals surface area (Å²) < 4.78 is 17.3. The lowest BCUT2D eigenvalue weighted by molar-refractivity contribution is 0.684. The summed E-state index contributed by atoms with van der Waals surface area (Å²) in [6.45, 7) is 1.99. The maximum absolute atomic E-state index is 12.8. The number of rotatable bonds is 3. The summed E-state index contributed by atoms with van der Waals surface area (Å²) in [5, 5.41) is 5.09. The van der Waals surface area contributed by atoms with Gasteiger partial charge in [0.2, 0.25) is 0 Å². The first-order valence-electron chi connectivity index (χ1n) is 6.32. The Hall–Kier alpha value is -1.27. The standard InChI is InChI=1S/C15H10Cl2N2OS2/c1-9-2-5-11(6-3-9)22(20)15-14(18-19-21-15)12-7-4-10(16)8-13(12)17/h2-8H,1H3. The van der Waals surface area contributed by atoms with Gasteiger partial charge in [-0.1, -0.05) is 45.4 Å². The number of nitrogens with zero attached hydrogens (tertiary/aromatic N) is 2. The molecule has 0 fully saturated rings. The Morgan fingerprint density at radius 3 is 2.50 bits per heavy atom. The third-order valence-electron chi connectivity index (χ3n) is 3.05. The van der Waals surface area contributed by atoms with Gasteiger partial charge < -0.3 is 0 Å². The maximum atomic E-state index is 12.8. The Kier molecular flexibility index (Phi) is 4.59. The van der Waals surface area contributed by atoms with Crippen LogP contribution in [0.25, 0.3) is 11.3 Å². The van der Waals surface area contributed by atoms with Crippen LogP contribution in [0.4, 0.5) is 0 Å². The minimum absolute atomic E-state index is 0.461. The average molecular weight is 369 g/mol. The highest BCUT2D eigenvalue weighted by Crippen LogP contribution is 2.35. The third kappa shape index (κ3) is 3.08. The second-order valence-electron chi connectivity index (χ2n) is 4.61. The molecule has 1 unspecified atom stereocenters. The Labute approximate surface area is 144 Å². The molecule has 22 heavy (non-hydrogen) atoms. The molecule has 1 heterocycles. The monoisotopic (exact) mass is 368 g/mol. The maximum Gasteiger partial charge on any atom is 0.145 e. The second-order valence-corrected chi connectivity index (χ2v) is 7.89. The molecule has 0 aliphatic rings. The Morgan fingerprint density at radius 2 is 1.82 bits per heavy atom. The van der Waals surface area contributed by atoms with Gasteiger partial charge in [0.15, 0.2) is 0 Å². The van der Waals surface area contributed by atoms with Crippen molar-refractivity contribution in [3.63, 3.8) is 0 Å². The fourth-order valence-corrected chi connectivity index (χ4v) is 4.43. The van der Waals surface area contributed by atoms with Crippen LogP contribution in [0.3, 0.4) is 0 Å². The molecule has 112 valence electrons. The van der Waals surface area contributed by atoms with E-state index in [0.29, 0.717) is 30.4 Å². The van der Waals surface area contributed by atoms with E-state index in [1.54, 1.807) is 18.2 Å². The molecule has 0 spiro atoms. The molecule has 0 amide bonds. The molecule has 0 radical (unpaired) electrons. The number of halogens is 2. The van der Waals surface area contributed by atoms with E-state index in [9.17, 15) is 4.21 Å². The van der Waals surface area contributed by atoms with Gasteiger partial charge in [0.1, 0.15) is 9.90 Å². The summed E-state index contributed by atoms with van der Waals surface area (Å²) in [6.07, 6.45) is 0. The molecule has 7 heteroatoms. The second kappa shape index (κ2) is 6.46. The summed E-state index contributed by atoms with van der Waals surface area (Å²) >= 11 is 13.2. The van der Waals surface area contributed by atoms with Crippen LogP contribution in [0.2, 0.25) is 10.0 Å². The number of aryl methyl sites for hydroxylation is 1. The molecule has 3 aromatic rings. The molecule has 0 aliphatic carbocycles. The van der Waals surface area contributed by atoms with Crippen molar-refractivity contribution >= 4 is 45.5 Å². The smallest absolute Gasteiger partial charge is 0.145 e. The molecule has 0 saturated heterocycles. The van der Waals surface area contributed by atoms with E-state index in [1.807, 2.05) is 31.2 Å². The van der Waals surface area contributed by atoms with Gasteiger partial charge >= 0.3 is 0 Å². The van der Waals surface area contributed by atoms with Crippen molar-refractivity contribution in [2.24, 2.45) is 0 Å². The summed E-state index contributed by atoms with van der Waals surface area (Å²) in [4.78, 5) is 0.711. The molecular weight excluding hydrogens is 359 g/mol. The van der Waals surface area contributed by atoms with Crippen LogP contribution in [0.15, 0.2) is 51.6 Å². The van der Waals surface area contributed by atoms with Gasteiger partial charge in [-0.05, 0) is 48.8 Å². The van der Waals surface area contributed by atoms with Crippen molar-refractivity contribution in [2.75, 3.05) is 0 Å². The van der Waals surface area contributed by atoms with Crippen molar-refractivity contribution in [1.29, 1.82) is 0 Å². The predicted octanol–water partition coefficient (Wildman–Crippen LogP) is 4.99. The first-order valence-corrected chi connectivity index (χ1v) is 9.00. The third-order valence-corrected chi connectivity index (χ3v) is 6.03. The van der Waals surface area contributed by atoms with E-state index in [4.69, 9.17) is 23.2 Å². The lowest BCUT2D eigenvalue weighted by Gasteiger charge is -2.05. The van der Waals surface area contributed by atoms with Crippen LogP contribution in [-0.4, -0.2) is 13.8 Å². The van der Waals surface area contributed by atoms with Gasteiger partial charge in [0.05, 0.1) is 15.8 Å². The fraction of sp³-hybridized carbons (Fsp3) is 0.0667. The van der Waals surface area contributed by atoms with Crippen molar-refractivity contribution < 1.29 is 4.21 Å². The highest BCUT2D eigenvalue weighted by Gasteiger charge is 2.20. The van der Waals surface area contributed by atoms with Gasteiger partial charge in [-0.15, -0.1) is 5.10 Å². The summed E-state index contributed by atoms with van der Waals surface area (Å²) in [6, 6.07) is 12.7. The molecule has 2 aromatic carbocycles. The van der Waals surface area contributed by atoms with E-state index >= 15 is 0 Å². The summed E-state index contributed by atoms with van der Waals surface area (Å²) in [5.74, 6) is 0. The van der Waals surface area contributed by atoms with Crippen molar-refractivity contribution in [2.45, 2.75) is 16.0 Å². The molecule has 3 rings (SSSR count). The number of aromatic nitrogens is 2. The minimum Gasteiger partial charge on any atom is -0.248 e. The van der Waals surface area contributed by atoms with Crippen LogP contribution in [-0.2, 0) is 10.8 Å². The summed E-state index contributed by atoms with van der Waals surface area (Å²) in [5.41, 5.74) is 2.32. The molecule has 0 bridgehead atoms. The molecule has 0 saturated carbocycles. The van der Waals surface area contributed by atoms with Crippen molar-refractivity contribution in [1.82, 2.24) is 9.59 Å². The number of hydrogen-bond acceptors (Lipinski definition) is 4. The van der Waals surface area contributed by atoms with Crippen molar-refractivity contribution in [3.8, 4) is 11.3 Å². The topological polar surface area (TPSA) is 42.9 Å². The minimum atomic E-state index is -1.35. The molecule has 0 aliphatic heterocycles. The van der Waals surface area contributed by atoms with E-state index < -0.39 is 10.8 Å². The lowest BCUT2D eigenvalue weighted by atomic mass is 10.2. The Balaban J connectivity index is 2.05. The molecule has 0 N–H and O–H groups in total. The zero-order valence-corrected chi connectivity index (χ0v) is 14.6. The highest BCUT2D eigenvalue weighted by atomic mass is 35.5. The van der Waals surface area contributed by atoms with Gasteiger partial charge in [-0.2, -0.15) is 0 Å². The summed E-state index contributed by atoms with van der Waals surface area (Å²) in [7, 11) is -1.35. The van der Waals surface area contributed by atoms with Crippen LogP contribution < -0.4 is 0 Å². The zero-order chi connectivity index (χ0) is 15.7. The van der Waals surface area contributed by atoms with Crippen LogP contribution in [0.1, 0.15) is 5.56 Å². The molecule has 1 atom stereocenters. The fourth-order valence-electron chi connectivity index (χ4n) is 1.92. The lowest BCUT2D eigenvalue weighted by Crippen LogP contribution is -1.93. The Morgan fingerprint density at radius 1 is 1.09 bits per heavy atom. The molecule has 1 aromatic heterocycles. The van der Waals surface area contributed by atoms with Crippen LogP contribution in [0.5, 0.6) is 0 Å². The van der Waals surface area contributed by atoms with Gasteiger partial charge in [0.25, 0.3) is 0 Å². The number of benzene rings is 2. The van der Waals surface area contributed by atoms with E-state index in [-0.39, 0.29) is 0 Å². The normalized spacial score (nSPS) is 12.3. The van der Waals surface area contributed by atoms with E-state index in [2.05, 4.69) is 9.59 Å². The quantitative estimate of drug-likeness (QED) is 0.653. The van der Waals surface area contributed by atoms with Gasteiger partial charge in [0, 0.05) is 15.5 Å². The predicted molar refractivity (Wildman–Crippen MR) is 91.2 cm³/mol. The SMILES string of the molecule is Cc1ccc(S(=O)c2snnc2-c2ccc(Cl)cc2Cl)cc1. The van der Waals surface area contributed by atoms with Gasteiger partial charge in [-0.3, -0.25) is 0 Å². The van der Waals surface area contributed by atoms with E-state index in [1.165, 1.54) is 0 Å². The zero-order valence-electron chi connectivity index (χ0n) is 11.4. The van der Waals surface area contributed by atoms with E-state index in [0.717, 1.165) is 17.1 Å².